The van der Waals surface area contributed by atoms with Gasteiger partial charge < -0.3 is 14.5 Å². The third-order valence-electron chi connectivity index (χ3n) is 5.54. The fraction of sp³-hybridized carbons (Fsp3) is 0.240. The average Bonchev–Trinajstić information content (AvgIpc) is 3.16. The number of hydrazone groups is 1. The van der Waals surface area contributed by atoms with E-state index in [1.165, 1.54) is 6.07 Å². The smallest absolute Gasteiger partial charge is 0.291 e. The molecule has 0 saturated heterocycles. The largest absolute Gasteiger partial charge is 0.482 e. The molecule has 7 nitrogen and oxygen atoms in total. The number of amides is 2. The van der Waals surface area contributed by atoms with Crippen LogP contribution in [0.5, 0.6) is 5.75 Å². The number of carbonyl (C=O) groups is 2. The summed E-state index contributed by atoms with van der Waals surface area (Å²) in [6.45, 7) is 3.39. The second kappa shape index (κ2) is 10.7. The van der Waals surface area contributed by atoms with Gasteiger partial charge in [0, 0.05) is 33.3 Å². The highest BCUT2D eigenvalue weighted by Gasteiger charge is 2.28. The number of nitrogens with zero attached hydrogens (tertiary/aromatic N) is 1. The van der Waals surface area contributed by atoms with Crippen molar-refractivity contribution in [1.82, 2.24) is 5.43 Å². The van der Waals surface area contributed by atoms with Crippen LogP contribution in [0.3, 0.4) is 0 Å². The molecule has 0 bridgehead atoms. The summed E-state index contributed by atoms with van der Waals surface area (Å²) in [6.07, 6.45) is 2.09. The Hall–Kier alpha value is -3.00. The Balaban J connectivity index is 1.46. The van der Waals surface area contributed by atoms with Crippen LogP contribution < -0.4 is 15.5 Å². The number of furan rings is 1. The second-order valence-corrected chi connectivity index (χ2v) is 9.36. The molecular weight excluding hydrogens is 513 g/mol. The summed E-state index contributed by atoms with van der Waals surface area (Å²) in [4.78, 5) is 25.2. The lowest BCUT2D eigenvalue weighted by atomic mass is 9.93. The summed E-state index contributed by atoms with van der Waals surface area (Å²) in [5.41, 5.74) is 6.06. The molecule has 2 amide bonds. The third-order valence-corrected chi connectivity index (χ3v) is 6.30. The molecule has 1 aliphatic rings. The number of hydrogen-bond acceptors (Lipinski definition) is 5. The third kappa shape index (κ3) is 5.81. The van der Waals surface area contributed by atoms with E-state index in [1.54, 1.807) is 37.3 Å². The minimum absolute atomic E-state index is 0.214. The van der Waals surface area contributed by atoms with Gasteiger partial charge in [0.15, 0.2) is 12.4 Å². The van der Waals surface area contributed by atoms with E-state index in [1.807, 2.05) is 6.92 Å². The van der Waals surface area contributed by atoms with Crippen LogP contribution in [0.15, 0.2) is 45.9 Å². The molecular formula is C25H22Cl3N3O4. The Morgan fingerprint density at radius 2 is 1.80 bits per heavy atom. The number of benzene rings is 2. The zero-order valence-electron chi connectivity index (χ0n) is 19.0. The van der Waals surface area contributed by atoms with E-state index in [-0.39, 0.29) is 18.3 Å². The van der Waals surface area contributed by atoms with Crippen molar-refractivity contribution in [3.63, 3.8) is 0 Å². The van der Waals surface area contributed by atoms with Crippen LogP contribution in [0.25, 0.3) is 0 Å². The van der Waals surface area contributed by atoms with Crippen molar-refractivity contribution in [2.24, 2.45) is 5.10 Å². The number of ether oxygens (including phenoxy) is 1. The predicted molar refractivity (Wildman–Crippen MR) is 137 cm³/mol. The maximum absolute atomic E-state index is 12.9. The number of hydrogen-bond donors (Lipinski definition) is 2. The summed E-state index contributed by atoms with van der Waals surface area (Å²) in [5, 5.41) is 8.53. The first-order valence-electron chi connectivity index (χ1n) is 10.9. The standard InChI is InChI=1S/C25H22Cl3N3O4/c1-13-10-15(26)6-8-18(13)29-25(33)24-14(2)23-19(4-3-5-21(23)35-24)30-31-22(32)12-34-20-9-7-16(27)11-17(20)28/h6-11H,3-5,12H2,1-2H3,(H,29,33)(H,31,32)/b30-19+. The highest BCUT2D eigenvalue weighted by Crippen LogP contribution is 2.31. The molecule has 0 aliphatic heterocycles. The van der Waals surface area contributed by atoms with Gasteiger partial charge in [0.1, 0.15) is 11.5 Å². The molecule has 2 N–H and O–H groups in total. The predicted octanol–water partition coefficient (Wildman–Crippen LogP) is 6.34. The normalized spacial score (nSPS) is 13.9. The van der Waals surface area contributed by atoms with Gasteiger partial charge in [0.2, 0.25) is 0 Å². The van der Waals surface area contributed by atoms with Gasteiger partial charge in [-0.15, -0.1) is 0 Å². The van der Waals surface area contributed by atoms with E-state index < -0.39 is 5.91 Å². The number of halogens is 3. The summed E-state index contributed by atoms with van der Waals surface area (Å²) in [5.74, 6) is 0.415. The lowest BCUT2D eigenvalue weighted by molar-refractivity contribution is -0.123. The Labute approximate surface area is 217 Å². The summed E-state index contributed by atoms with van der Waals surface area (Å²) < 4.78 is 11.4. The van der Waals surface area contributed by atoms with Crippen molar-refractivity contribution in [2.75, 3.05) is 11.9 Å². The molecule has 0 fully saturated rings. The molecule has 10 heteroatoms. The zero-order chi connectivity index (χ0) is 25.1. The minimum Gasteiger partial charge on any atom is -0.482 e. The quantitative estimate of drug-likeness (QED) is 0.361. The lowest BCUT2D eigenvalue weighted by Gasteiger charge is -2.13. The molecule has 0 radical (unpaired) electrons. The van der Waals surface area contributed by atoms with E-state index in [9.17, 15) is 9.59 Å². The van der Waals surface area contributed by atoms with Crippen LogP contribution >= 0.6 is 34.8 Å². The highest BCUT2D eigenvalue weighted by atomic mass is 35.5. The van der Waals surface area contributed by atoms with E-state index >= 15 is 0 Å². The van der Waals surface area contributed by atoms with Crippen molar-refractivity contribution in [3.05, 3.63) is 79.7 Å². The van der Waals surface area contributed by atoms with Gasteiger partial charge in [-0.3, -0.25) is 9.59 Å². The number of rotatable bonds is 6. The molecule has 4 rings (SSSR count). The Bertz CT molecular complexity index is 1330. The average molecular weight is 535 g/mol. The van der Waals surface area contributed by atoms with Crippen LogP contribution in [0.2, 0.25) is 15.1 Å². The molecule has 3 aromatic rings. The topological polar surface area (TPSA) is 92.9 Å². The van der Waals surface area contributed by atoms with E-state index in [0.717, 1.165) is 17.5 Å². The van der Waals surface area contributed by atoms with Gasteiger partial charge in [0.05, 0.1) is 10.7 Å². The van der Waals surface area contributed by atoms with Gasteiger partial charge in [-0.1, -0.05) is 34.8 Å². The van der Waals surface area contributed by atoms with Crippen molar-refractivity contribution in [2.45, 2.75) is 33.1 Å². The van der Waals surface area contributed by atoms with Crippen molar-refractivity contribution >= 4 is 58.0 Å². The maximum atomic E-state index is 12.9. The first-order valence-corrected chi connectivity index (χ1v) is 12.0. The second-order valence-electron chi connectivity index (χ2n) is 8.08. The van der Waals surface area contributed by atoms with Gasteiger partial charge in [-0.05, 0) is 68.7 Å². The number of fused-ring (bicyclic) bond motifs is 1. The lowest BCUT2D eigenvalue weighted by Crippen LogP contribution is -2.27. The van der Waals surface area contributed by atoms with Crippen LogP contribution in [0.4, 0.5) is 5.69 Å². The summed E-state index contributed by atoms with van der Waals surface area (Å²) in [6, 6.07) is 9.97. The Morgan fingerprint density at radius 3 is 2.54 bits per heavy atom. The first kappa shape index (κ1) is 25.1. The fourth-order valence-corrected chi connectivity index (χ4v) is 4.53. The molecule has 182 valence electrons. The summed E-state index contributed by atoms with van der Waals surface area (Å²) >= 11 is 17.9. The number of aryl methyl sites for hydroxylation is 2. The number of anilines is 1. The molecule has 0 saturated carbocycles. The van der Waals surface area contributed by atoms with Crippen LogP contribution in [-0.2, 0) is 11.2 Å². The highest BCUT2D eigenvalue weighted by molar-refractivity contribution is 6.35. The number of carbonyl (C=O) groups excluding carboxylic acids is 2. The molecule has 1 heterocycles. The SMILES string of the molecule is Cc1cc(Cl)ccc1NC(=O)c1oc2c(c1C)/C(=N/NC(=O)COc1ccc(Cl)cc1Cl)CCC2. The molecule has 1 aromatic heterocycles. The zero-order valence-corrected chi connectivity index (χ0v) is 21.3. The monoisotopic (exact) mass is 533 g/mol. The van der Waals surface area contributed by atoms with Crippen LogP contribution in [0.1, 0.15) is 45.8 Å². The molecule has 35 heavy (non-hydrogen) atoms. The maximum Gasteiger partial charge on any atom is 0.291 e. The molecule has 1 aliphatic carbocycles. The van der Waals surface area contributed by atoms with Crippen molar-refractivity contribution < 1.29 is 18.7 Å². The fourth-order valence-electron chi connectivity index (χ4n) is 3.84. The molecule has 0 unspecified atom stereocenters. The van der Waals surface area contributed by atoms with Gasteiger partial charge in [-0.2, -0.15) is 5.10 Å². The van der Waals surface area contributed by atoms with Crippen LogP contribution in [0, 0.1) is 13.8 Å². The van der Waals surface area contributed by atoms with Gasteiger partial charge in [-0.25, -0.2) is 5.43 Å². The van der Waals surface area contributed by atoms with E-state index in [0.29, 0.717) is 56.4 Å². The van der Waals surface area contributed by atoms with Crippen molar-refractivity contribution in [3.8, 4) is 5.75 Å². The number of nitrogens with one attached hydrogen (secondary N) is 2. The first-order chi connectivity index (χ1) is 16.7. The molecule has 0 spiro atoms. The Kier molecular flexibility index (Phi) is 7.69. The van der Waals surface area contributed by atoms with Crippen molar-refractivity contribution in [1.29, 1.82) is 0 Å². The van der Waals surface area contributed by atoms with Gasteiger partial charge in [0.25, 0.3) is 11.8 Å². The summed E-state index contributed by atoms with van der Waals surface area (Å²) in [7, 11) is 0. The van der Waals surface area contributed by atoms with E-state index in [2.05, 4.69) is 15.8 Å². The molecule has 0 atom stereocenters. The minimum atomic E-state index is -0.451. The van der Waals surface area contributed by atoms with Crippen LogP contribution in [-0.4, -0.2) is 24.1 Å². The van der Waals surface area contributed by atoms with Gasteiger partial charge >= 0.3 is 0 Å². The Morgan fingerprint density at radius 1 is 1.06 bits per heavy atom. The van der Waals surface area contributed by atoms with E-state index in [4.69, 9.17) is 44.0 Å². The molecule has 2 aromatic carbocycles.